The summed E-state index contributed by atoms with van der Waals surface area (Å²) >= 11 is 5.56. The molecule has 108 valence electrons. The maximum Gasteiger partial charge on any atom is 0.240 e. The maximum atomic E-state index is 13.0. The van der Waals surface area contributed by atoms with Gasteiger partial charge in [0, 0.05) is 19.0 Å². The van der Waals surface area contributed by atoms with E-state index in [-0.39, 0.29) is 16.5 Å². The topological polar surface area (TPSA) is 72.2 Å². The number of aryl methyl sites for hydroxylation is 1. The van der Waals surface area contributed by atoms with Crippen molar-refractivity contribution in [3.63, 3.8) is 0 Å². The quantitative estimate of drug-likeness (QED) is 0.918. The van der Waals surface area contributed by atoms with Crippen LogP contribution in [-0.2, 0) is 16.4 Å². The number of nitrogens with zero attached hydrogens (tertiary/aromatic N) is 1. The molecule has 20 heavy (non-hydrogen) atoms. The highest BCUT2D eigenvalue weighted by Crippen LogP contribution is 2.19. The summed E-state index contributed by atoms with van der Waals surface area (Å²) in [6, 6.07) is 4.96. The molecule has 1 aromatic carbocycles. The third-order valence-corrected chi connectivity index (χ3v) is 4.29. The second kappa shape index (κ2) is 5.90. The zero-order valence-electron chi connectivity index (χ0n) is 10.6. The zero-order valence-corrected chi connectivity index (χ0v) is 12.1. The summed E-state index contributed by atoms with van der Waals surface area (Å²) in [6.45, 7) is 1.92. The van der Waals surface area contributed by atoms with Crippen molar-refractivity contribution in [1.29, 1.82) is 0 Å². The molecule has 2 rings (SSSR count). The fourth-order valence-electron chi connectivity index (χ4n) is 1.57. The minimum absolute atomic E-state index is 0.0855. The molecular weight excluding hydrogens is 307 g/mol. The van der Waals surface area contributed by atoms with Gasteiger partial charge in [0.25, 0.3) is 0 Å². The lowest BCUT2D eigenvalue weighted by Gasteiger charge is -2.06. The summed E-state index contributed by atoms with van der Waals surface area (Å²) in [6.07, 6.45) is 0.370. The van der Waals surface area contributed by atoms with Crippen molar-refractivity contribution < 1.29 is 17.3 Å². The Morgan fingerprint density at radius 1 is 1.40 bits per heavy atom. The number of hydrogen-bond donors (Lipinski definition) is 1. The maximum absolute atomic E-state index is 13.0. The highest BCUT2D eigenvalue weighted by Gasteiger charge is 2.15. The van der Waals surface area contributed by atoms with Crippen molar-refractivity contribution in [1.82, 2.24) is 9.88 Å². The molecule has 0 aliphatic heterocycles. The van der Waals surface area contributed by atoms with Crippen LogP contribution in [0.3, 0.4) is 0 Å². The summed E-state index contributed by atoms with van der Waals surface area (Å²) in [5.41, 5.74) is 0.730. The van der Waals surface area contributed by atoms with Crippen LogP contribution >= 0.6 is 11.6 Å². The SMILES string of the molecule is Cc1cc(CCNS(=O)(=O)c2ccc(F)c(Cl)c2)on1. The Balaban J connectivity index is 2.02. The Morgan fingerprint density at radius 3 is 2.75 bits per heavy atom. The average Bonchev–Trinajstić information content (AvgIpc) is 2.78. The van der Waals surface area contributed by atoms with E-state index in [0.717, 1.165) is 23.9 Å². The number of rotatable bonds is 5. The molecular formula is C12H12ClFN2O3S. The van der Waals surface area contributed by atoms with Gasteiger partial charge in [0.2, 0.25) is 10.0 Å². The average molecular weight is 319 g/mol. The minimum Gasteiger partial charge on any atom is -0.361 e. The lowest BCUT2D eigenvalue weighted by atomic mass is 10.3. The molecule has 2 aromatic rings. The number of sulfonamides is 1. The third-order valence-electron chi connectivity index (χ3n) is 2.54. The van der Waals surface area contributed by atoms with Crippen LogP contribution < -0.4 is 4.72 Å². The van der Waals surface area contributed by atoms with Crippen LogP contribution in [0.2, 0.25) is 5.02 Å². The monoisotopic (exact) mass is 318 g/mol. The summed E-state index contributed by atoms with van der Waals surface area (Å²) in [4.78, 5) is -0.0855. The molecule has 1 aromatic heterocycles. The van der Waals surface area contributed by atoms with Crippen molar-refractivity contribution in [2.24, 2.45) is 0 Å². The molecule has 0 aliphatic carbocycles. The van der Waals surface area contributed by atoms with Crippen LogP contribution in [0.15, 0.2) is 33.7 Å². The van der Waals surface area contributed by atoms with E-state index in [1.165, 1.54) is 0 Å². The molecule has 0 radical (unpaired) electrons. The predicted octanol–water partition coefficient (Wildman–Crippen LogP) is 2.30. The summed E-state index contributed by atoms with van der Waals surface area (Å²) in [5.74, 6) is -0.0786. The van der Waals surface area contributed by atoms with E-state index in [2.05, 4.69) is 9.88 Å². The first-order valence-corrected chi connectivity index (χ1v) is 7.61. The van der Waals surface area contributed by atoms with Gasteiger partial charge in [-0.05, 0) is 25.1 Å². The molecule has 1 heterocycles. The van der Waals surface area contributed by atoms with Gasteiger partial charge in [0.15, 0.2) is 0 Å². The van der Waals surface area contributed by atoms with E-state index < -0.39 is 15.8 Å². The van der Waals surface area contributed by atoms with Gasteiger partial charge in [-0.2, -0.15) is 0 Å². The Morgan fingerprint density at radius 2 is 2.15 bits per heavy atom. The van der Waals surface area contributed by atoms with Gasteiger partial charge >= 0.3 is 0 Å². The van der Waals surface area contributed by atoms with Crippen molar-refractivity contribution in [3.8, 4) is 0 Å². The Hall–Kier alpha value is -1.44. The van der Waals surface area contributed by atoms with E-state index in [1.807, 2.05) is 0 Å². The predicted molar refractivity (Wildman–Crippen MR) is 71.5 cm³/mol. The van der Waals surface area contributed by atoms with Crippen LogP contribution in [-0.4, -0.2) is 20.1 Å². The van der Waals surface area contributed by atoms with Crippen molar-refractivity contribution in [2.75, 3.05) is 6.54 Å². The Labute approximate surface area is 120 Å². The zero-order chi connectivity index (χ0) is 14.8. The van der Waals surface area contributed by atoms with Gasteiger partial charge < -0.3 is 4.52 Å². The molecule has 0 aliphatic rings. The van der Waals surface area contributed by atoms with E-state index in [1.54, 1.807) is 13.0 Å². The first-order chi connectivity index (χ1) is 9.38. The van der Waals surface area contributed by atoms with Crippen LogP contribution in [0.25, 0.3) is 0 Å². The van der Waals surface area contributed by atoms with Gasteiger partial charge in [-0.3, -0.25) is 0 Å². The normalized spacial score (nSPS) is 11.8. The number of nitrogens with one attached hydrogen (secondary N) is 1. The molecule has 0 spiro atoms. The molecule has 1 N–H and O–H groups in total. The van der Waals surface area contributed by atoms with Crippen molar-refractivity contribution in [2.45, 2.75) is 18.2 Å². The molecule has 8 heteroatoms. The van der Waals surface area contributed by atoms with Gasteiger partial charge in [-0.1, -0.05) is 16.8 Å². The first kappa shape index (κ1) is 15.0. The van der Waals surface area contributed by atoms with Crippen LogP contribution in [0.4, 0.5) is 4.39 Å². The van der Waals surface area contributed by atoms with Gasteiger partial charge in [-0.15, -0.1) is 0 Å². The second-order valence-electron chi connectivity index (χ2n) is 4.16. The smallest absolute Gasteiger partial charge is 0.240 e. The van der Waals surface area contributed by atoms with Crippen molar-refractivity contribution >= 4 is 21.6 Å². The van der Waals surface area contributed by atoms with Crippen molar-refractivity contribution in [3.05, 3.63) is 46.6 Å². The Kier molecular flexibility index (Phi) is 4.42. The largest absolute Gasteiger partial charge is 0.361 e. The van der Waals surface area contributed by atoms with Gasteiger partial charge in [0.1, 0.15) is 11.6 Å². The van der Waals surface area contributed by atoms with Gasteiger partial charge in [-0.25, -0.2) is 17.5 Å². The standard InChI is InChI=1S/C12H12ClFN2O3S/c1-8-6-9(19-16-8)4-5-15-20(17,18)10-2-3-12(14)11(13)7-10/h2-3,6-7,15H,4-5H2,1H3. The van der Waals surface area contributed by atoms with E-state index in [0.29, 0.717) is 12.2 Å². The summed E-state index contributed by atoms with van der Waals surface area (Å²) in [7, 11) is -3.73. The second-order valence-corrected chi connectivity index (χ2v) is 6.33. The minimum atomic E-state index is -3.73. The third kappa shape index (κ3) is 3.56. The lowest BCUT2D eigenvalue weighted by Crippen LogP contribution is -2.26. The van der Waals surface area contributed by atoms with E-state index in [9.17, 15) is 12.8 Å². The number of benzene rings is 1. The van der Waals surface area contributed by atoms with Crippen LogP contribution in [0.1, 0.15) is 11.5 Å². The Bertz CT molecular complexity index is 715. The molecule has 5 nitrogen and oxygen atoms in total. The number of aromatic nitrogens is 1. The molecule has 0 fully saturated rings. The summed E-state index contributed by atoms with van der Waals surface area (Å²) < 4.78 is 44.2. The fraction of sp³-hybridized carbons (Fsp3) is 0.250. The van der Waals surface area contributed by atoms with E-state index in [4.69, 9.17) is 16.1 Å². The molecule has 0 atom stereocenters. The lowest BCUT2D eigenvalue weighted by molar-refractivity contribution is 0.379. The highest BCUT2D eigenvalue weighted by molar-refractivity contribution is 7.89. The molecule has 0 amide bonds. The molecule has 0 unspecified atom stereocenters. The van der Waals surface area contributed by atoms with Gasteiger partial charge in [0.05, 0.1) is 15.6 Å². The number of hydrogen-bond acceptors (Lipinski definition) is 4. The van der Waals surface area contributed by atoms with E-state index >= 15 is 0 Å². The van der Waals surface area contributed by atoms with Crippen LogP contribution in [0, 0.1) is 12.7 Å². The van der Waals surface area contributed by atoms with Crippen LogP contribution in [0.5, 0.6) is 0 Å². The number of halogens is 2. The molecule has 0 saturated heterocycles. The summed E-state index contributed by atoms with van der Waals surface area (Å²) in [5, 5.41) is 3.46. The molecule has 0 bridgehead atoms. The highest BCUT2D eigenvalue weighted by atomic mass is 35.5. The first-order valence-electron chi connectivity index (χ1n) is 5.75. The fourth-order valence-corrected chi connectivity index (χ4v) is 2.87. The molecule has 0 saturated carbocycles.